The van der Waals surface area contributed by atoms with Crippen molar-refractivity contribution in [1.82, 2.24) is 0 Å². The molecular formula is C21H19NO2. The van der Waals surface area contributed by atoms with Crippen LogP contribution in [0.25, 0.3) is 0 Å². The lowest BCUT2D eigenvalue weighted by atomic mass is 9.65. The van der Waals surface area contributed by atoms with Gasteiger partial charge in [-0.05, 0) is 37.3 Å². The summed E-state index contributed by atoms with van der Waals surface area (Å²) in [7, 11) is 0. The molecule has 1 aliphatic carbocycles. The third kappa shape index (κ3) is 1.57. The van der Waals surface area contributed by atoms with Crippen molar-refractivity contribution in [3.63, 3.8) is 0 Å². The topological polar surface area (TPSA) is 37.4 Å². The Kier molecular flexibility index (Phi) is 2.79. The van der Waals surface area contributed by atoms with E-state index in [2.05, 4.69) is 23.1 Å². The van der Waals surface area contributed by atoms with Crippen molar-refractivity contribution in [3.8, 4) is 0 Å². The van der Waals surface area contributed by atoms with E-state index >= 15 is 0 Å². The summed E-state index contributed by atoms with van der Waals surface area (Å²) in [5.74, 6) is 0.0732. The number of carbonyl (C=O) groups excluding carboxylic acids is 2. The summed E-state index contributed by atoms with van der Waals surface area (Å²) in [6, 6.07) is 15.6. The van der Waals surface area contributed by atoms with E-state index in [0.29, 0.717) is 17.5 Å². The Balaban J connectivity index is 1.74. The molecule has 0 radical (unpaired) electrons. The minimum Gasteiger partial charge on any atom is -0.367 e. The van der Waals surface area contributed by atoms with Crippen LogP contribution in [0.5, 0.6) is 0 Å². The smallest absolute Gasteiger partial charge is 0.179 e. The van der Waals surface area contributed by atoms with Crippen LogP contribution >= 0.6 is 0 Å². The molecule has 120 valence electrons. The van der Waals surface area contributed by atoms with Crippen LogP contribution in [-0.4, -0.2) is 24.2 Å². The van der Waals surface area contributed by atoms with Gasteiger partial charge in [0.2, 0.25) is 0 Å². The standard InChI is InChI=1S/C21H19NO2/c23-19-15-8-2-3-9-16(15)20(24)21(19)13-14-7-1-4-10-17(14)22-12-6-5-11-18(21)22/h1-4,7-10,18H,5-6,11-13H2. The zero-order valence-corrected chi connectivity index (χ0v) is 13.5. The zero-order valence-electron chi connectivity index (χ0n) is 13.5. The molecule has 1 spiro atoms. The van der Waals surface area contributed by atoms with E-state index in [9.17, 15) is 9.59 Å². The summed E-state index contributed by atoms with van der Waals surface area (Å²) in [5.41, 5.74) is 2.66. The van der Waals surface area contributed by atoms with E-state index in [1.54, 1.807) is 0 Å². The first-order chi connectivity index (χ1) is 11.7. The van der Waals surface area contributed by atoms with E-state index < -0.39 is 5.41 Å². The first-order valence-corrected chi connectivity index (χ1v) is 8.77. The maximum atomic E-state index is 13.4. The molecule has 0 N–H and O–H groups in total. The second-order valence-electron chi connectivity index (χ2n) is 7.19. The summed E-state index contributed by atoms with van der Waals surface area (Å²) in [6.07, 6.45) is 3.66. The molecule has 2 heterocycles. The van der Waals surface area contributed by atoms with Gasteiger partial charge in [-0.25, -0.2) is 0 Å². The molecule has 5 rings (SSSR count). The molecule has 1 fully saturated rings. The van der Waals surface area contributed by atoms with Crippen molar-refractivity contribution in [2.75, 3.05) is 11.4 Å². The first-order valence-electron chi connectivity index (χ1n) is 8.77. The Morgan fingerprint density at radius 2 is 1.54 bits per heavy atom. The fraction of sp³-hybridized carbons (Fsp3) is 0.333. The molecule has 2 aromatic rings. The van der Waals surface area contributed by atoms with Crippen LogP contribution < -0.4 is 4.90 Å². The number of hydrogen-bond acceptors (Lipinski definition) is 3. The van der Waals surface area contributed by atoms with Gasteiger partial charge in [0.15, 0.2) is 11.6 Å². The number of Topliss-reactive ketones (excluding diaryl/α,β-unsaturated/α-hetero) is 2. The molecule has 24 heavy (non-hydrogen) atoms. The molecule has 0 amide bonds. The van der Waals surface area contributed by atoms with Gasteiger partial charge in [-0.1, -0.05) is 42.5 Å². The molecule has 0 aromatic heterocycles. The van der Waals surface area contributed by atoms with Crippen LogP contribution in [-0.2, 0) is 6.42 Å². The van der Waals surface area contributed by atoms with Crippen LogP contribution in [0.2, 0.25) is 0 Å². The van der Waals surface area contributed by atoms with Crippen molar-refractivity contribution >= 4 is 17.3 Å². The largest absolute Gasteiger partial charge is 0.367 e. The second kappa shape index (κ2) is 4.79. The van der Waals surface area contributed by atoms with E-state index in [1.807, 2.05) is 30.3 Å². The van der Waals surface area contributed by atoms with Crippen LogP contribution in [0.4, 0.5) is 5.69 Å². The Labute approximate surface area is 141 Å². The number of piperidine rings is 1. The molecule has 0 bridgehead atoms. The highest BCUT2D eigenvalue weighted by atomic mass is 16.2. The van der Waals surface area contributed by atoms with Crippen LogP contribution in [0.3, 0.4) is 0 Å². The Morgan fingerprint density at radius 3 is 2.29 bits per heavy atom. The Hall–Kier alpha value is -2.42. The zero-order chi connectivity index (χ0) is 16.3. The highest BCUT2D eigenvalue weighted by Gasteiger charge is 2.61. The molecule has 2 aliphatic heterocycles. The number of nitrogens with zero attached hydrogens (tertiary/aromatic N) is 1. The molecular weight excluding hydrogens is 298 g/mol. The average molecular weight is 317 g/mol. The number of fused-ring (bicyclic) bond motifs is 5. The minimum absolute atomic E-state index is 0.00597. The highest BCUT2D eigenvalue weighted by Crippen LogP contribution is 2.51. The summed E-state index contributed by atoms with van der Waals surface area (Å²) in [4.78, 5) is 29.1. The lowest BCUT2D eigenvalue weighted by molar-refractivity contribution is 0.0614. The average Bonchev–Trinajstić information content (AvgIpc) is 2.85. The molecule has 1 unspecified atom stereocenters. The number of rotatable bonds is 0. The van der Waals surface area contributed by atoms with Gasteiger partial charge in [0.05, 0.1) is 0 Å². The molecule has 1 saturated heterocycles. The first kappa shape index (κ1) is 14.0. The maximum Gasteiger partial charge on any atom is 0.179 e. The van der Waals surface area contributed by atoms with Gasteiger partial charge in [-0.2, -0.15) is 0 Å². The van der Waals surface area contributed by atoms with Gasteiger partial charge >= 0.3 is 0 Å². The number of ketones is 2. The Bertz CT molecular complexity index is 835. The van der Waals surface area contributed by atoms with Crippen LogP contribution in [0, 0.1) is 5.41 Å². The van der Waals surface area contributed by atoms with Crippen molar-refractivity contribution < 1.29 is 9.59 Å². The number of para-hydroxylation sites is 1. The third-order valence-electron chi connectivity index (χ3n) is 6.07. The molecule has 1 atom stereocenters. The predicted octanol–water partition coefficient (Wildman–Crippen LogP) is 3.67. The van der Waals surface area contributed by atoms with Crippen LogP contribution in [0.1, 0.15) is 45.5 Å². The highest BCUT2D eigenvalue weighted by molar-refractivity contribution is 6.30. The predicted molar refractivity (Wildman–Crippen MR) is 92.7 cm³/mol. The summed E-state index contributed by atoms with van der Waals surface area (Å²) >= 11 is 0. The third-order valence-corrected chi connectivity index (χ3v) is 6.07. The second-order valence-corrected chi connectivity index (χ2v) is 7.19. The molecule has 0 saturated carbocycles. The van der Waals surface area contributed by atoms with Crippen LogP contribution in [0.15, 0.2) is 48.5 Å². The van der Waals surface area contributed by atoms with Gasteiger partial charge in [0.1, 0.15) is 5.41 Å². The van der Waals surface area contributed by atoms with E-state index in [1.165, 1.54) is 5.69 Å². The van der Waals surface area contributed by atoms with Gasteiger partial charge in [-0.15, -0.1) is 0 Å². The number of carbonyl (C=O) groups is 2. The van der Waals surface area contributed by atoms with Crippen molar-refractivity contribution in [1.29, 1.82) is 0 Å². The maximum absolute atomic E-state index is 13.4. The normalized spacial score (nSPS) is 23.8. The monoisotopic (exact) mass is 317 g/mol. The summed E-state index contributed by atoms with van der Waals surface area (Å²) in [5, 5.41) is 0. The fourth-order valence-electron chi connectivity index (χ4n) is 5.02. The van der Waals surface area contributed by atoms with Gasteiger partial charge in [-0.3, -0.25) is 9.59 Å². The fourth-order valence-corrected chi connectivity index (χ4v) is 5.02. The molecule has 2 aromatic carbocycles. The summed E-state index contributed by atoms with van der Waals surface area (Å²) in [6.45, 7) is 0.931. The van der Waals surface area contributed by atoms with E-state index in [0.717, 1.165) is 31.4 Å². The van der Waals surface area contributed by atoms with Gasteiger partial charge in [0.25, 0.3) is 0 Å². The summed E-state index contributed by atoms with van der Waals surface area (Å²) < 4.78 is 0. The van der Waals surface area contributed by atoms with Crippen molar-refractivity contribution in [2.24, 2.45) is 5.41 Å². The van der Waals surface area contributed by atoms with E-state index in [4.69, 9.17) is 0 Å². The lowest BCUT2D eigenvalue weighted by Crippen LogP contribution is -2.59. The SMILES string of the molecule is O=C1c2ccccc2C(=O)C12Cc1ccccc1N1CCCCC12. The molecule has 3 nitrogen and oxygen atoms in total. The lowest BCUT2D eigenvalue weighted by Gasteiger charge is -2.50. The van der Waals surface area contributed by atoms with Crippen molar-refractivity contribution in [3.05, 3.63) is 65.2 Å². The quantitative estimate of drug-likeness (QED) is 0.696. The minimum atomic E-state index is -0.918. The molecule has 3 heteroatoms. The number of hydrogen-bond donors (Lipinski definition) is 0. The number of benzene rings is 2. The van der Waals surface area contributed by atoms with Gasteiger partial charge in [0, 0.05) is 29.4 Å². The van der Waals surface area contributed by atoms with Crippen molar-refractivity contribution in [2.45, 2.75) is 31.7 Å². The Morgan fingerprint density at radius 1 is 0.875 bits per heavy atom. The molecule has 3 aliphatic rings. The number of anilines is 1. The van der Waals surface area contributed by atoms with E-state index in [-0.39, 0.29) is 17.6 Å². The van der Waals surface area contributed by atoms with Gasteiger partial charge < -0.3 is 4.90 Å².